The Morgan fingerprint density at radius 2 is 2.07 bits per heavy atom. The molecule has 0 aliphatic carbocycles. The van der Waals surface area contributed by atoms with Gasteiger partial charge < -0.3 is 9.47 Å². The van der Waals surface area contributed by atoms with Crippen molar-refractivity contribution in [1.82, 2.24) is 14.8 Å². The van der Waals surface area contributed by atoms with Crippen molar-refractivity contribution in [3.63, 3.8) is 0 Å². The SMILES string of the molecule is CCCOc1cc(C(=O)C(=Cc2ccccc2)n2cncn2)cc2c1OC(C)(C)C2. The van der Waals surface area contributed by atoms with Gasteiger partial charge in [-0.25, -0.2) is 9.67 Å². The molecule has 0 bridgehead atoms. The van der Waals surface area contributed by atoms with Crippen molar-refractivity contribution in [2.24, 2.45) is 0 Å². The van der Waals surface area contributed by atoms with Gasteiger partial charge >= 0.3 is 0 Å². The number of carbonyl (C=O) groups excluding carboxylic acids is 1. The van der Waals surface area contributed by atoms with Crippen LogP contribution in [-0.2, 0) is 6.42 Å². The minimum atomic E-state index is -0.330. The van der Waals surface area contributed by atoms with Crippen molar-refractivity contribution >= 4 is 17.6 Å². The van der Waals surface area contributed by atoms with Crippen molar-refractivity contribution in [3.8, 4) is 11.5 Å². The Hall–Kier alpha value is -3.41. The molecule has 0 unspecified atom stereocenters. The molecule has 30 heavy (non-hydrogen) atoms. The highest BCUT2D eigenvalue weighted by molar-refractivity contribution is 6.28. The van der Waals surface area contributed by atoms with Crippen LogP contribution in [0.4, 0.5) is 0 Å². The van der Waals surface area contributed by atoms with Crippen molar-refractivity contribution in [2.45, 2.75) is 39.2 Å². The minimum Gasteiger partial charge on any atom is -0.490 e. The van der Waals surface area contributed by atoms with E-state index in [4.69, 9.17) is 9.47 Å². The molecule has 0 spiro atoms. The number of ketones is 1. The average molecular weight is 403 g/mol. The molecule has 6 heteroatoms. The lowest BCUT2D eigenvalue weighted by Crippen LogP contribution is -2.24. The summed E-state index contributed by atoms with van der Waals surface area (Å²) in [7, 11) is 0. The third kappa shape index (κ3) is 4.13. The molecule has 0 N–H and O–H groups in total. The second-order valence-electron chi connectivity index (χ2n) is 7.96. The molecule has 0 amide bonds. The van der Waals surface area contributed by atoms with Gasteiger partial charge in [-0.1, -0.05) is 37.3 Å². The molecule has 0 saturated heterocycles. The molecular formula is C24H25N3O3. The number of nitrogens with zero attached hydrogens (tertiary/aromatic N) is 3. The highest BCUT2D eigenvalue weighted by Crippen LogP contribution is 2.43. The Balaban J connectivity index is 1.78. The number of rotatable bonds is 7. The minimum absolute atomic E-state index is 0.154. The quantitative estimate of drug-likeness (QED) is 0.424. The molecule has 1 aromatic heterocycles. The van der Waals surface area contributed by atoms with E-state index in [0.29, 0.717) is 30.0 Å². The fraction of sp³-hybridized carbons (Fsp3) is 0.292. The van der Waals surface area contributed by atoms with E-state index in [1.54, 1.807) is 6.07 Å². The lowest BCUT2D eigenvalue weighted by molar-refractivity contribution is 0.105. The summed E-state index contributed by atoms with van der Waals surface area (Å²) in [6.07, 6.45) is 6.35. The standard InChI is InChI=1S/C24H25N3O3/c1-4-10-29-21-13-18(12-19-14-24(2,3)30-23(19)21)22(28)20(27-16-25-15-26-27)11-17-8-6-5-7-9-17/h5-9,11-13,15-16H,4,10,14H2,1-3H3. The van der Waals surface area contributed by atoms with E-state index >= 15 is 0 Å². The zero-order valence-corrected chi connectivity index (χ0v) is 17.5. The van der Waals surface area contributed by atoms with E-state index in [-0.39, 0.29) is 11.4 Å². The van der Waals surface area contributed by atoms with Crippen LogP contribution < -0.4 is 9.47 Å². The number of hydrogen-bond donors (Lipinski definition) is 0. The third-order valence-electron chi connectivity index (χ3n) is 4.85. The van der Waals surface area contributed by atoms with Gasteiger partial charge in [0.1, 0.15) is 24.0 Å². The number of allylic oxidation sites excluding steroid dienone is 1. The van der Waals surface area contributed by atoms with Gasteiger partial charge in [-0.15, -0.1) is 0 Å². The molecule has 2 aromatic carbocycles. The number of carbonyl (C=O) groups is 1. The zero-order chi connectivity index (χ0) is 21.1. The molecule has 1 aliphatic rings. The second kappa shape index (κ2) is 8.14. The van der Waals surface area contributed by atoms with Gasteiger partial charge in [0.2, 0.25) is 5.78 Å². The molecule has 2 heterocycles. The highest BCUT2D eigenvalue weighted by atomic mass is 16.5. The summed E-state index contributed by atoms with van der Waals surface area (Å²) in [4.78, 5) is 17.6. The lowest BCUT2D eigenvalue weighted by Gasteiger charge is -2.18. The number of fused-ring (bicyclic) bond motifs is 1. The molecule has 0 radical (unpaired) electrons. The van der Waals surface area contributed by atoms with Gasteiger partial charge in [0.05, 0.1) is 6.61 Å². The van der Waals surface area contributed by atoms with Crippen LogP contribution in [0.5, 0.6) is 11.5 Å². The normalized spacial score (nSPS) is 14.8. The Kier molecular flexibility index (Phi) is 5.40. The first-order chi connectivity index (χ1) is 14.5. The smallest absolute Gasteiger partial charge is 0.211 e. The fourth-order valence-electron chi connectivity index (χ4n) is 3.55. The molecule has 4 rings (SSSR count). The molecule has 0 saturated carbocycles. The largest absolute Gasteiger partial charge is 0.490 e. The summed E-state index contributed by atoms with van der Waals surface area (Å²) in [5, 5.41) is 4.19. The summed E-state index contributed by atoms with van der Waals surface area (Å²) >= 11 is 0. The first-order valence-electron chi connectivity index (χ1n) is 10.1. The predicted molar refractivity (Wildman–Crippen MR) is 116 cm³/mol. The van der Waals surface area contributed by atoms with E-state index < -0.39 is 0 Å². The van der Waals surface area contributed by atoms with Gasteiger partial charge in [0, 0.05) is 17.5 Å². The first kappa shape index (κ1) is 19.9. The van der Waals surface area contributed by atoms with Crippen LogP contribution in [0.15, 0.2) is 55.1 Å². The number of aromatic nitrogens is 3. The van der Waals surface area contributed by atoms with Crippen LogP contribution in [0.1, 0.15) is 48.7 Å². The van der Waals surface area contributed by atoms with E-state index in [1.165, 1.54) is 17.3 Å². The lowest BCUT2D eigenvalue weighted by atomic mass is 9.97. The summed E-state index contributed by atoms with van der Waals surface area (Å²) < 4.78 is 13.5. The number of benzene rings is 2. The second-order valence-corrected chi connectivity index (χ2v) is 7.96. The fourth-order valence-corrected chi connectivity index (χ4v) is 3.55. The molecule has 1 aliphatic heterocycles. The Labute approximate surface area is 176 Å². The molecule has 3 aromatic rings. The van der Waals surface area contributed by atoms with E-state index in [2.05, 4.69) is 10.1 Å². The summed E-state index contributed by atoms with van der Waals surface area (Å²) in [5.41, 5.74) is 2.51. The maximum atomic E-state index is 13.6. The van der Waals surface area contributed by atoms with E-state index in [9.17, 15) is 4.79 Å². The number of ether oxygens (including phenoxy) is 2. The van der Waals surface area contributed by atoms with Crippen LogP contribution in [0.2, 0.25) is 0 Å². The molecule has 154 valence electrons. The molecule has 6 nitrogen and oxygen atoms in total. The van der Waals surface area contributed by atoms with Crippen LogP contribution >= 0.6 is 0 Å². The van der Waals surface area contributed by atoms with Gasteiger partial charge in [-0.05, 0) is 44.0 Å². The van der Waals surface area contributed by atoms with E-state index in [0.717, 1.165) is 23.3 Å². The van der Waals surface area contributed by atoms with Gasteiger partial charge in [0.25, 0.3) is 0 Å². The summed E-state index contributed by atoms with van der Waals surface area (Å²) in [6, 6.07) is 13.4. The van der Waals surface area contributed by atoms with E-state index in [1.807, 2.05) is 63.2 Å². The van der Waals surface area contributed by atoms with Gasteiger partial charge in [-0.3, -0.25) is 4.79 Å². The van der Waals surface area contributed by atoms with Crippen molar-refractivity contribution in [1.29, 1.82) is 0 Å². The van der Waals surface area contributed by atoms with Crippen LogP contribution in [-0.4, -0.2) is 32.8 Å². The Morgan fingerprint density at radius 1 is 1.27 bits per heavy atom. The topological polar surface area (TPSA) is 66.2 Å². The van der Waals surface area contributed by atoms with Gasteiger partial charge in [-0.2, -0.15) is 5.10 Å². The van der Waals surface area contributed by atoms with Crippen molar-refractivity contribution in [3.05, 3.63) is 71.8 Å². The number of Topliss-reactive ketones (excluding diaryl/α,β-unsaturated/α-hetero) is 1. The zero-order valence-electron chi connectivity index (χ0n) is 17.5. The van der Waals surface area contributed by atoms with Gasteiger partial charge in [0.15, 0.2) is 11.5 Å². The van der Waals surface area contributed by atoms with Crippen LogP contribution in [0, 0.1) is 0 Å². The third-order valence-corrected chi connectivity index (χ3v) is 4.85. The van der Waals surface area contributed by atoms with Crippen molar-refractivity contribution in [2.75, 3.05) is 6.61 Å². The molecule has 0 atom stereocenters. The van der Waals surface area contributed by atoms with Crippen LogP contribution in [0.3, 0.4) is 0 Å². The summed E-state index contributed by atoms with van der Waals surface area (Å²) in [6.45, 7) is 6.68. The summed E-state index contributed by atoms with van der Waals surface area (Å²) in [5.74, 6) is 1.19. The monoisotopic (exact) mass is 403 g/mol. The molecular weight excluding hydrogens is 378 g/mol. The average Bonchev–Trinajstić information content (AvgIpc) is 3.36. The molecule has 0 fully saturated rings. The number of hydrogen-bond acceptors (Lipinski definition) is 5. The first-order valence-corrected chi connectivity index (χ1v) is 10.1. The van der Waals surface area contributed by atoms with Crippen molar-refractivity contribution < 1.29 is 14.3 Å². The predicted octanol–water partition coefficient (Wildman–Crippen LogP) is 4.66. The van der Waals surface area contributed by atoms with Crippen LogP contribution in [0.25, 0.3) is 11.8 Å². The maximum absolute atomic E-state index is 13.6. The Morgan fingerprint density at radius 3 is 2.77 bits per heavy atom. The maximum Gasteiger partial charge on any atom is 0.211 e. The highest BCUT2D eigenvalue weighted by Gasteiger charge is 2.34. The Bertz CT molecular complexity index is 1070.